The Bertz CT molecular complexity index is 519. The SMILES string of the molecule is Cc1ccc(CCC(Cl)Cc2cccc(Br)c2)cc1. The monoisotopic (exact) mass is 336 g/mol. The van der Waals surface area contributed by atoms with Gasteiger partial charge in [0.2, 0.25) is 0 Å². The quantitative estimate of drug-likeness (QED) is 0.628. The summed E-state index contributed by atoms with van der Waals surface area (Å²) in [4.78, 5) is 0. The van der Waals surface area contributed by atoms with Gasteiger partial charge in [0, 0.05) is 9.85 Å². The zero-order valence-corrected chi connectivity index (χ0v) is 13.4. The lowest BCUT2D eigenvalue weighted by Gasteiger charge is -2.10. The van der Waals surface area contributed by atoms with Gasteiger partial charge in [0.25, 0.3) is 0 Å². The molecule has 2 rings (SSSR count). The van der Waals surface area contributed by atoms with Crippen molar-refractivity contribution in [1.29, 1.82) is 0 Å². The molecule has 0 N–H and O–H groups in total. The molecule has 2 heteroatoms. The molecule has 0 bridgehead atoms. The highest BCUT2D eigenvalue weighted by molar-refractivity contribution is 9.10. The number of alkyl halides is 1. The Labute approximate surface area is 128 Å². The van der Waals surface area contributed by atoms with Crippen LogP contribution in [0.25, 0.3) is 0 Å². The third kappa shape index (κ3) is 5.00. The van der Waals surface area contributed by atoms with E-state index in [1.54, 1.807) is 0 Å². The first-order valence-electron chi connectivity index (χ1n) is 6.57. The summed E-state index contributed by atoms with van der Waals surface area (Å²) in [6, 6.07) is 17.1. The van der Waals surface area contributed by atoms with Gasteiger partial charge in [-0.2, -0.15) is 0 Å². The number of rotatable bonds is 5. The van der Waals surface area contributed by atoms with E-state index >= 15 is 0 Å². The van der Waals surface area contributed by atoms with Gasteiger partial charge < -0.3 is 0 Å². The minimum atomic E-state index is 0.190. The molecule has 1 atom stereocenters. The Balaban J connectivity index is 1.84. The molecule has 0 aliphatic heterocycles. The Morgan fingerprint density at radius 2 is 1.79 bits per heavy atom. The standard InChI is InChI=1S/C17H18BrCl/c1-13-5-7-14(8-6-13)9-10-17(19)12-15-3-2-4-16(18)11-15/h2-8,11,17H,9-10,12H2,1H3. The second-order valence-electron chi connectivity index (χ2n) is 4.96. The molecule has 0 aromatic heterocycles. The van der Waals surface area contributed by atoms with Crippen LogP contribution in [0.4, 0.5) is 0 Å². The van der Waals surface area contributed by atoms with Crippen molar-refractivity contribution < 1.29 is 0 Å². The van der Waals surface area contributed by atoms with Crippen molar-refractivity contribution in [2.45, 2.75) is 31.6 Å². The van der Waals surface area contributed by atoms with Gasteiger partial charge in [-0.15, -0.1) is 11.6 Å². The largest absolute Gasteiger partial charge is 0.123 e. The van der Waals surface area contributed by atoms with Crippen molar-refractivity contribution >= 4 is 27.5 Å². The lowest BCUT2D eigenvalue weighted by Crippen LogP contribution is -2.05. The maximum atomic E-state index is 6.43. The maximum absolute atomic E-state index is 6.43. The highest BCUT2D eigenvalue weighted by atomic mass is 79.9. The molecule has 1 unspecified atom stereocenters. The highest BCUT2D eigenvalue weighted by Gasteiger charge is 2.07. The van der Waals surface area contributed by atoms with Crippen LogP contribution in [0.1, 0.15) is 23.1 Å². The molecule has 0 aliphatic rings. The van der Waals surface area contributed by atoms with Crippen LogP contribution < -0.4 is 0 Å². The fourth-order valence-electron chi connectivity index (χ4n) is 2.10. The predicted molar refractivity (Wildman–Crippen MR) is 87.0 cm³/mol. The third-order valence-electron chi connectivity index (χ3n) is 3.21. The van der Waals surface area contributed by atoms with E-state index in [0.29, 0.717) is 0 Å². The predicted octanol–water partition coefficient (Wildman–Crippen LogP) is 5.54. The Hall–Kier alpha value is -0.790. The molecule has 19 heavy (non-hydrogen) atoms. The average molecular weight is 338 g/mol. The maximum Gasteiger partial charge on any atom is 0.0379 e. The summed E-state index contributed by atoms with van der Waals surface area (Å²) in [7, 11) is 0. The molecule has 0 saturated carbocycles. The molecule has 0 heterocycles. The molecule has 0 saturated heterocycles. The van der Waals surface area contributed by atoms with Gasteiger partial charge in [0.1, 0.15) is 0 Å². The Kier molecular flexibility index (Phi) is 5.47. The van der Waals surface area contributed by atoms with Crippen molar-refractivity contribution in [2.75, 3.05) is 0 Å². The molecule has 2 aromatic carbocycles. The van der Waals surface area contributed by atoms with E-state index < -0.39 is 0 Å². The smallest absolute Gasteiger partial charge is 0.0379 e. The molecule has 0 radical (unpaired) electrons. The molecule has 0 fully saturated rings. The second-order valence-corrected chi connectivity index (χ2v) is 6.49. The van der Waals surface area contributed by atoms with E-state index in [1.807, 2.05) is 6.07 Å². The van der Waals surface area contributed by atoms with E-state index in [0.717, 1.165) is 23.7 Å². The van der Waals surface area contributed by atoms with Crippen molar-refractivity contribution in [3.8, 4) is 0 Å². The first-order valence-corrected chi connectivity index (χ1v) is 7.80. The van der Waals surface area contributed by atoms with Gasteiger partial charge >= 0.3 is 0 Å². The van der Waals surface area contributed by atoms with Crippen LogP contribution in [-0.4, -0.2) is 5.38 Å². The van der Waals surface area contributed by atoms with Gasteiger partial charge in [0.15, 0.2) is 0 Å². The van der Waals surface area contributed by atoms with Gasteiger partial charge in [-0.25, -0.2) is 0 Å². The van der Waals surface area contributed by atoms with Crippen LogP contribution in [0.2, 0.25) is 0 Å². The number of hydrogen-bond donors (Lipinski definition) is 0. The van der Waals surface area contributed by atoms with Gasteiger partial charge in [-0.05, 0) is 49.4 Å². The van der Waals surface area contributed by atoms with E-state index in [-0.39, 0.29) is 5.38 Å². The van der Waals surface area contributed by atoms with Crippen molar-refractivity contribution in [3.05, 3.63) is 69.7 Å². The van der Waals surface area contributed by atoms with E-state index in [4.69, 9.17) is 11.6 Å². The number of halogens is 2. The zero-order valence-electron chi connectivity index (χ0n) is 11.1. The van der Waals surface area contributed by atoms with Crippen LogP contribution in [-0.2, 0) is 12.8 Å². The summed E-state index contributed by atoms with van der Waals surface area (Å²) in [6.45, 7) is 2.11. The lowest BCUT2D eigenvalue weighted by molar-refractivity contribution is 0.743. The second kappa shape index (κ2) is 7.12. The highest BCUT2D eigenvalue weighted by Crippen LogP contribution is 2.18. The molecule has 0 spiro atoms. The molecule has 0 aliphatic carbocycles. The molecule has 100 valence electrons. The van der Waals surface area contributed by atoms with Gasteiger partial charge in [-0.1, -0.05) is 57.9 Å². The van der Waals surface area contributed by atoms with E-state index in [9.17, 15) is 0 Å². The summed E-state index contributed by atoms with van der Waals surface area (Å²) < 4.78 is 1.12. The topological polar surface area (TPSA) is 0 Å². The molecule has 2 aromatic rings. The van der Waals surface area contributed by atoms with Crippen LogP contribution in [0.15, 0.2) is 53.0 Å². The normalized spacial score (nSPS) is 12.4. The summed E-state index contributed by atoms with van der Waals surface area (Å²) >= 11 is 9.92. The fraction of sp³-hybridized carbons (Fsp3) is 0.294. The number of aryl methyl sites for hydroxylation is 2. The molecular weight excluding hydrogens is 320 g/mol. The van der Waals surface area contributed by atoms with Crippen molar-refractivity contribution in [3.63, 3.8) is 0 Å². The Morgan fingerprint density at radius 3 is 2.47 bits per heavy atom. The lowest BCUT2D eigenvalue weighted by atomic mass is 10.0. The van der Waals surface area contributed by atoms with Crippen molar-refractivity contribution in [1.82, 2.24) is 0 Å². The minimum Gasteiger partial charge on any atom is -0.123 e. The average Bonchev–Trinajstić information content (AvgIpc) is 2.38. The minimum absolute atomic E-state index is 0.190. The van der Waals surface area contributed by atoms with Crippen LogP contribution in [0, 0.1) is 6.92 Å². The fourth-order valence-corrected chi connectivity index (χ4v) is 2.83. The molecule has 0 nitrogen and oxygen atoms in total. The summed E-state index contributed by atoms with van der Waals surface area (Å²) in [5, 5.41) is 0.190. The van der Waals surface area contributed by atoms with Crippen molar-refractivity contribution in [2.24, 2.45) is 0 Å². The Morgan fingerprint density at radius 1 is 1.05 bits per heavy atom. The first-order chi connectivity index (χ1) is 9.13. The number of hydrogen-bond acceptors (Lipinski definition) is 0. The van der Waals surface area contributed by atoms with Crippen LogP contribution in [0.3, 0.4) is 0 Å². The van der Waals surface area contributed by atoms with Crippen LogP contribution >= 0.6 is 27.5 Å². The summed E-state index contributed by atoms with van der Waals surface area (Å²) in [6.07, 6.45) is 2.98. The third-order valence-corrected chi connectivity index (χ3v) is 4.08. The first kappa shape index (κ1) is 14.6. The van der Waals surface area contributed by atoms with E-state index in [2.05, 4.69) is 65.3 Å². The molecule has 0 amide bonds. The summed E-state index contributed by atoms with van der Waals surface area (Å²) in [5.41, 5.74) is 3.96. The van der Waals surface area contributed by atoms with E-state index in [1.165, 1.54) is 16.7 Å². The molecular formula is C17H18BrCl. The summed E-state index contributed by atoms with van der Waals surface area (Å²) in [5.74, 6) is 0. The van der Waals surface area contributed by atoms with Gasteiger partial charge in [-0.3, -0.25) is 0 Å². The van der Waals surface area contributed by atoms with Gasteiger partial charge in [0.05, 0.1) is 0 Å². The number of benzene rings is 2. The zero-order chi connectivity index (χ0) is 13.7. The van der Waals surface area contributed by atoms with Crippen LogP contribution in [0.5, 0.6) is 0 Å².